The van der Waals surface area contributed by atoms with Crippen LogP contribution in [0.4, 0.5) is 4.39 Å². The molecule has 1 aliphatic rings. The highest BCUT2D eigenvalue weighted by atomic mass is 79.9. The largest absolute Gasteiger partial charge is 0.454 e. The molecule has 0 spiro atoms. The summed E-state index contributed by atoms with van der Waals surface area (Å²) in [5, 5.41) is 10.7. The predicted octanol–water partition coefficient (Wildman–Crippen LogP) is 4.25. The molecule has 3 nitrogen and oxygen atoms in total. The van der Waals surface area contributed by atoms with E-state index in [-0.39, 0.29) is 19.0 Å². The van der Waals surface area contributed by atoms with Crippen molar-refractivity contribution in [2.24, 2.45) is 0 Å². The molecule has 1 aliphatic heterocycles. The van der Waals surface area contributed by atoms with Crippen LogP contribution in [0.3, 0.4) is 0 Å². The number of aliphatic hydroxyl groups is 1. The molecule has 3 rings (SSSR count). The molecule has 2 aromatic rings. The van der Waals surface area contributed by atoms with Gasteiger partial charge in [-0.25, -0.2) is 4.39 Å². The van der Waals surface area contributed by atoms with Crippen molar-refractivity contribution in [3.63, 3.8) is 0 Å². The molecular formula is C15H11BrClFO3. The highest BCUT2D eigenvalue weighted by Crippen LogP contribution is 2.41. The zero-order chi connectivity index (χ0) is 15.0. The van der Waals surface area contributed by atoms with Gasteiger partial charge in [-0.1, -0.05) is 27.5 Å². The van der Waals surface area contributed by atoms with Crippen LogP contribution in [-0.4, -0.2) is 11.9 Å². The van der Waals surface area contributed by atoms with E-state index in [0.717, 1.165) is 4.47 Å². The van der Waals surface area contributed by atoms with Crippen LogP contribution in [0.2, 0.25) is 5.02 Å². The summed E-state index contributed by atoms with van der Waals surface area (Å²) in [7, 11) is 0. The summed E-state index contributed by atoms with van der Waals surface area (Å²) in [4.78, 5) is 0. The van der Waals surface area contributed by atoms with Crippen LogP contribution in [0.25, 0.3) is 0 Å². The van der Waals surface area contributed by atoms with Crippen LogP contribution in [0.1, 0.15) is 17.2 Å². The first-order chi connectivity index (χ1) is 10.0. The molecule has 0 amide bonds. The van der Waals surface area contributed by atoms with Crippen LogP contribution in [0.5, 0.6) is 11.5 Å². The summed E-state index contributed by atoms with van der Waals surface area (Å²) >= 11 is 9.37. The molecule has 1 atom stereocenters. The molecule has 0 saturated heterocycles. The van der Waals surface area contributed by atoms with E-state index < -0.39 is 6.10 Å². The molecule has 1 N–H and O–H groups in total. The van der Waals surface area contributed by atoms with E-state index in [1.54, 1.807) is 24.3 Å². The molecule has 0 bridgehead atoms. The van der Waals surface area contributed by atoms with Crippen molar-refractivity contribution in [3.05, 3.63) is 56.8 Å². The number of hydrogen-bond donors (Lipinski definition) is 1. The van der Waals surface area contributed by atoms with Gasteiger partial charge in [0.25, 0.3) is 0 Å². The fraction of sp³-hybridized carbons (Fsp3) is 0.200. The minimum atomic E-state index is -0.888. The summed E-state index contributed by atoms with van der Waals surface area (Å²) < 4.78 is 25.0. The first kappa shape index (κ1) is 14.6. The summed E-state index contributed by atoms with van der Waals surface area (Å²) in [6.07, 6.45) is -0.748. The second-order valence-electron chi connectivity index (χ2n) is 4.69. The monoisotopic (exact) mass is 372 g/mol. The minimum Gasteiger partial charge on any atom is -0.454 e. The van der Waals surface area contributed by atoms with E-state index in [9.17, 15) is 9.50 Å². The average molecular weight is 374 g/mol. The maximum Gasteiger partial charge on any atom is 0.231 e. The highest BCUT2D eigenvalue weighted by Gasteiger charge is 2.21. The quantitative estimate of drug-likeness (QED) is 0.874. The van der Waals surface area contributed by atoms with Gasteiger partial charge < -0.3 is 14.6 Å². The molecule has 1 unspecified atom stereocenters. The topological polar surface area (TPSA) is 38.7 Å². The Labute approximate surface area is 134 Å². The van der Waals surface area contributed by atoms with Crippen molar-refractivity contribution >= 4 is 27.5 Å². The van der Waals surface area contributed by atoms with Crippen molar-refractivity contribution in [1.29, 1.82) is 0 Å². The first-order valence-electron chi connectivity index (χ1n) is 6.25. The second-order valence-corrected chi connectivity index (χ2v) is 6.02. The van der Waals surface area contributed by atoms with Gasteiger partial charge in [0.15, 0.2) is 11.5 Å². The van der Waals surface area contributed by atoms with E-state index in [4.69, 9.17) is 21.1 Å². The van der Waals surface area contributed by atoms with Crippen LogP contribution >= 0.6 is 27.5 Å². The first-order valence-corrected chi connectivity index (χ1v) is 7.42. The van der Waals surface area contributed by atoms with Crippen LogP contribution in [0, 0.1) is 5.82 Å². The van der Waals surface area contributed by atoms with Crippen molar-refractivity contribution in [3.8, 4) is 11.5 Å². The van der Waals surface area contributed by atoms with E-state index in [1.165, 1.54) is 6.07 Å². The zero-order valence-corrected chi connectivity index (χ0v) is 13.1. The van der Waals surface area contributed by atoms with Crippen LogP contribution in [-0.2, 0) is 6.42 Å². The van der Waals surface area contributed by atoms with Gasteiger partial charge in [-0.15, -0.1) is 0 Å². The van der Waals surface area contributed by atoms with Crippen molar-refractivity contribution in [2.45, 2.75) is 12.5 Å². The Bertz CT molecular complexity index is 693. The molecule has 110 valence electrons. The Morgan fingerprint density at radius 1 is 1.29 bits per heavy atom. The molecule has 6 heteroatoms. The van der Waals surface area contributed by atoms with Gasteiger partial charge >= 0.3 is 0 Å². The summed E-state index contributed by atoms with van der Waals surface area (Å²) in [5.41, 5.74) is 0.981. The number of ether oxygens (including phenoxy) is 2. The van der Waals surface area contributed by atoms with Gasteiger partial charge in [-0.05, 0) is 41.5 Å². The van der Waals surface area contributed by atoms with Gasteiger partial charge in [-0.2, -0.15) is 0 Å². The highest BCUT2D eigenvalue weighted by molar-refractivity contribution is 9.10. The molecule has 2 aromatic carbocycles. The molecule has 0 fully saturated rings. The number of rotatable bonds is 3. The third-order valence-electron chi connectivity index (χ3n) is 3.26. The number of aliphatic hydroxyl groups excluding tert-OH is 1. The maximum absolute atomic E-state index is 13.7. The molecule has 0 saturated carbocycles. The van der Waals surface area contributed by atoms with Gasteiger partial charge in [0.05, 0.1) is 11.1 Å². The summed E-state index contributed by atoms with van der Waals surface area (Å²) in [6, 6.07) is 7.89. The molecule has 0 aromatic heterocycles. The predicted molar refractivity (Wildman–Crippen MR) is 80.3 cm³/mol. The molecule has 0 aliphatic carbocycles. The lowest BCUT2D eigenvalue weighted by Gasteiger charge is -2.13. The number of halogens is 3. The Hall–Kier alpha value is -1.30. The minimum absolute atomic E-state index is 0.106. The Morgan fingerprint density at radius 3 is 2.90 bits per heavy atom. The maximum atomic E-state index is 13.7. The lowest BCUT2D eigenvalue weighted by molar-refractivity contribution is 0.171. The SMILES string of the molecule is OC(Cc1cc(Br)ccc1F)c1cc(Cl)c2c(c1)OCO2. The lowest BCUT2D eigenvalue weighted by Crippen LogP contribution is -2.04. The Balaban J connectivity index is 1.87. The molecular weight excluding hydrogens is 363 g/mol. The summed E-state index contributed by atoms with van der Waals surface area (Å²) in [5.74, 6) is 0.608. The lowest BCUT2D eigenvalue weighted by atomic mass is 10.0. The van der Waals surface area contributed by atoms with Crippen molar-refractivity contribution < 1.29 is 19.0 Å². The van der Waals surface area contributed by atoms with Crippen molar-refractivity contribution in [2.75, 3.05) is 6.79 Å². The van der Waals surface area contributed by atoms with Crippen molar-refractivity contribution in [1.82, 2.24) is 0 Å². The number of hydrogen-bond acceptors (Lipinski definition) is 3. The third kappa shape index (κ3) is 3.00. The smallest absolute Gasteiger partial charge is 0.231 e. The van der Waals surface area contributed by atoms with E-state index >= 15 is 0 Å². The molecule has 1 heterocycles. The van der Waals surface area contributed by atoms with Gasteiger partial charge in [0.2, 0.25) is 6.79 Å². The van der Waals surface area contributed by atoms with E-state index in [0.29, 0.717) is 27.6 Å². The summed E-state index contributed by atoms with van der Waals surface area (Å²) in [6.45, 7) is 0.106. The van der Waals surface area contributed by atoms with Crippen LogP contribution in [0.15, 0.2) is 34.8 Å². The average Bonchev–Trinajstić information content (AvgIpc) is 2.91. The fourth-order valence-corrected chi connectivity index (χ4v) is 2.89. The fourth-order valence-electron chi connectivity index (χ4n) is 2.21. The van der Waals surface area contributed by atoms with E-state index in [2.05, 4.69) is 15.9 Å². The van der Waals surface area contributed by atoms with Gasteiger partial charge in [0, 0.05) is 10.9 Å². The zero-order valence-electron chi connectivity index (χ0n) is 10.8. The van der Waals surface area contributed by atoms with Gasteiger partial charge in [-0.3, -0.25) is 0 Å². The number of benzene rings is 2. The Kier molecular flexibility index (Phi) is 4.06. The van der Waals surface area contributed by atoms with E-state index in [1.807, 2.05) is 0 Å². The number of fused-ring (bicyclic) bond motifs is 1. The second kappa shape index (κ2) is 5.83. The molecule has 0 radical (unpaired) electrons. The normalized spacial score (nSPS) is 14.3. The van der Waals surface area contributed by atoms with Gasteiger partial charge in [0.1, 0.15) is 5.82 Å². The third-order valence-corrected chi connectivity index (χ3v) is 4.03. The Morgan fingerprint density at radius 2 is 2.10 bits per heavy atom. The van der Waals surface area contributed by atoms with Crippen LogP contribution < -0.4 is 9.47 Å². The standard InChI is InChI=1S/C15H11BrClFO3/c16-10-1-2-12(18)8(3-10)5-13(19)9-4-11(17)15-14(6-9)20-7-21-15/h1-4,6,13,19H,5,7H2. The molecule has 21 heavy (non-hydrogen) atoms.